The molecule has 0 radical (unpaired) electrons. The van der Waals surface area contributed by atoms with E-state index in [1.54, 1.807) is 0 Å². The van der Waals surface area contributed by atoms with E-state index in [2.05, 4.69) is 11.4 Å². The number of hydrogen-bond donors (Lipinski definition) is 1. The van der Waals surface area contributed by atoms with Gasteiger partial charge in [0.1, 0.15) is 0 Å². The van der Waals surface area contributed by atoms with Crippen LogP contribution < -0.4 is 5.32 Å². The van der Waals surface area contributed by atoms with Crippen molar-refractivity contribution in [2.24, 2.45) is 5.92 Å². The van der Waals surface area contributed by atoms with Gasteiger partial charge in [0, 0.05) is 31.1 Å². The highest BCUT2D eigenvalue weighted by Gasteiger charge is 2.27. The van der Waals surface area contributed by atoms with Crippen molar-refractivity contribution < 1.29 is 9.59 Å². The fourth-order valence-electron chi connectivity index (χ4n) is 2.95. The minimum absolute atomic E-state index is 0.00591. The smallest absolute Gasteiger partial charge is 0.227 e. The first kappa shape index (κ1) is 16.5. The van der Waals surface area contributed by atoms with Crippen molar-refractivity contribution >= 4 is 17.5 Å². The fourth-order valence-corrected chi connectivity index (χ4v) is 2.95. The molecule has 0 aliphatic carbocycles. The van der Waals surface area contributed by atoms with Gasteiger partial charge in [0.15, 0.2) is 0 Å². The van der Waals surface area contributed by atoms with E-state index in [0.29, 0.717) is 19.5 Å². The normalized spacial score (nSPS) is 15.7. The van der Waals surface area contributed by atoms with Gasteiger partial charge in [-0.3, -0.25) is 9.59 Å². The summed E-state index contributed by atoms with van der Waals surface area (Å²) in [6, 6.07) is 6.04. The molecule has 0 saturated carbocycles. The van der Waals surface area contributed by atoms with Gasteiger partial charge in [0.05, 0.1) is 0 Å². The fraction of sp³-hybridized carbons (Fsp3) is 0.556. The third kappa shape index (κ3) is 4.09. The average molecular weight is 302 g/mol. The summed E-state index contributed by atoms with van der Waals surface area (Å²) in [4.78, 5) is 26.2. The predicted molar refractivity (Wildman–Crippen MR) is 88.8 cm³/mol. The van der Waals surface area contributed by atoms with Gasteiger partial charge in [-0.25, -0.2) is 0 Å². The van der Waals surface area contributed by atoms with Gasteiger partial charge in [-0.15, -0.1) is 0 Å². The van der Waals surface area contributed by atoms with Crippen molar-refractivity contribution in [2.45, 2.75) is 46.5 Å². The van der Waals surface area contributed by atoms with Crippen LogP contribution in [-0.2, 0) is 9.59 Å². The first-order valence-electron chi connectivity index (χ1n) is 8.17. The van der Waals surface area contributed by atoms with Crippen LogP contribution >= 0.6 is 0 Å². The number of hydrogen-bond acceptors (Lipinski definition) is 2. The van der Waals surface area contributed by atoms with Crippen LogP contribution in [0.4, 0.5) is 5.69 Å². The third-order valence-corrected chi connectivity index (χ3v) is 4.32. The molecule has 1 aliphatic rings. The molecule has 1 aromatic carbocycles. The molecule has 0 spiro atoms. The van der Waals surface area contributed by atoms with Crippen LogP contribution in [0.5, 0.6) is 0 Å². The number of benzene rings is 1. The van der Waals surface area contributed by atoms with Gasteiger partial charge in [-0.05, 0) is 44.7 Å². The molecule has 1 N–H and O–H groups in total. The van der Waals surface area contributed by atoms with Gasteiger partial charge in [0.25, 0.3) is 0 Å². The topological polar surface area (TPSA) is 49.4 Å². The van der Waals surface area contributed by atoms with Crippen LogP contribution in [0.2, 0.25) is 0 Å². The third-order valence-electron chi connectivity index (χ3n) is 4.32. The number of anilines is 1. The lowest BCUT2D eigenvalue weighted by molar-refractivity contribution is -0.134. The summed E-state index contributed by atoms with van der Waals surface area (Å²) in [6.07, 6.45) is 3.00. The Labute approximate surface area is 132 Å². The molecule has 1 saturated heterocycles. The van der Waals surface area contributed by atoms with Gasteiger partial charge >= 0.3 is 0 Å². The summed E-state index contributed by atoms with van der Waals surface area (Å²) < 4.78 is 0. The van der Waals surface area contributed by atoms with Crippen molar-refractivity contribution in [1.82, 2.24) is 4.90 Å². The van der Waals surface area contributed by atoms with Crippen molar-refractivity contribution in [1.29, 1.82) is 0 Å². The van der Waals surface area contributed by atoms with Crippen LogP contribution in [0.3, 0.4) is 0 Å². The van der Waals surface area contributed by atoms with Crippen molar-refractivity contribution in [2.75, 3.05) is 18.4 Å². The number of likely N-dealkylation sites (tertiary alicyclic amines) is 1. The molecule has 120 valence electrons. The van der Waals surface area contributed by atoms with E-state index in [1.807, 2.05) is 37.8 Å². The SMILES string of the molecule is CCCC(=O)N1CCC(C(=O)Nc2ccc(C)cc2C)CC1. The monoisotopic (exact) mass is 302 g/mol. The first-order chi connectivity index (χ1) is 10.5. The van der Waals surface area contributed by atoms with Crippen LogP contribution in [0, 0.1) is 19.8 Å². The van der Waals surface area contributed by atoms with E-state index < -0.39 is 0 Å². The van der Waals surface area contributed by atoms with E-state index in [-0.39, 0.29) is 17.7 Å². The highest BCUT2D eigenvalue weighted by Crippen LogP contribution is 2.22. The van der Waals surface area contributed by atoms with E-state index in [4.69, 9.17) is 0 Å². The van der Waals surface area contributed by atoms with Gasteiger partial charge in [-0.2, -0.15) is 0 Å². The zero-order chi connectivity index (χ0) is 16.1. The molecule has 0 atom stereocenters. The lowest BCUT2D eigenvalue weighted by atomic mass is 9.95. The van der Waals surface area contributed by atoms with Crippen molar-refractivity contribution in [3.8, 4) is 0 Å². The number of piperidine rings is 1. The molecular formula is C18H26N2O2. The zero-order valence-electron chi connectivity index (χ0n) is 13.8. The molecule has 2 rings (SSSR count). The Morgan fingerprint density at radius 1 is 1.23 bits per heavy atom. The van der Waals surface area contributed by atoms with Crippen LogP contribution in [0.1, 0.15) is 43.7 Å². The van der Waals surface area contributed by atoms with E-state index >= 15 is 0 Å². The Bertz CT molecular complexity index is 546. The molecule has 22 heavy (non-hydrogen) atoms. The molecule has 0 aromatic heterocycles. The lowest BCUT2D eigenvalue weighted by Gasteiger charge is -2.31. The molecule has 2 amide bonds. The Balaban J connectivity index is 1.88. The Morgan fingerprint density at radius 3 is 2.50 bits per heavy atom. The predicted octanol–water partition coefficient (Wildman–Crippen LogP) is 3.28. The number of amides is 2. The highest BCUT2D eigenvalue weighted by molar-refractivity contribution is 5.93. The van der Waals surface area contributed by atoms with Gasteiger partial charge in [-0.1, -0.05) is 24.6 Å². The second-order valence-electron chi connectivity index (χ2n) is 6.21. The summed E-state index contributed by atoms with van der Waals surface area (Å²) in [5.41, 5.74) is 3.17. The maximum atomic E-state index is 12.4. The molecule has 1 aliphatic heterocycles. The minimum Gasteiger partial charge on any atom is -0.343 e. The zero-order valence-corrected chi connectivity index (χ0v) is 13.8. The Kier molecular flexibility index (Phi) is 5.58. The van der Waals surface area contributed by atoms with Crippen molar-refractivity contribution in [3.05, 3.63) is 29.3 Å². The maximum absolute atomic E-state index is 12.4. The molecule has 4 nitrogen and oxygen atoms in total. The summed E-state index contributed by atoms with van der Waals surface area (Å²) in [5, 5.41) is 3.03. The summed E-state index contributed by atoms with van der Waals surface area (Å²) in [6.45, 7) is 7.46. The quantitative estimate of drug-likeness (QED) is 0.928. The van der Waals surface area contributed by atoms with Crippen LogP contribution in [0.15, 0.2) is 18.2 Å². The van der Waals surface area contributed by atoms with E-state index in [9.17, 15) is 9.59 Å². The average Bonchev–Trinajstić information content (AvgIpc) is 2.50. The molecule has 4 heteroatoms. The molecule has 0 unspecified atom stereocenters. The van der Waals surface area contributed by atoms with E-state index in [0.717, 1.165) is 30.5 Å². The van der Waals surface area contributed by atoms with Crippen LogP contribution in [-0.4, -0.2) is 29.8 Å². The van der Waals surface area contributed by atoms with Crippen LogP contribution in [0.25, 0.3) is 0 Å². The second-order valence-corrected chi connectivity index (χ2v) is 6.21. The highest BCUT2D eigenvalue weighted by atomic mass is 16.2. The summed E-state index contributed by atoms with van der Waals surface area (Å²) in [7, 11) is 0. The van der Waals surface area contributed by atoms with Gasteiger partial charge < -0.3 is 10.2 Å². The maximum Gasteiger partial charge on any atom is 0.227 e. The molecule has 1 aromatic rings. The number of rotatable bonds is 4. The molecule has 0 bridgehead atoms. The molecular weight excluding hydrogens is 276 g/mol. The van der Waals surface area contributed by atoms with E-state index in [1.165, 1.54) is 5.56 Å². The number of nitrogens with zero attached hydrogens (tertiary/aromatic N) is 1. The lowest BCUT2D eigenvalue weighted by Crippen LogP contribution is -2.41. The minimum atomic E-state index is 0.00591. The summed E-state index contributed by atoms with van der Waals surface area (Å²) in [5.74, 6) is 0.302. The largest absolute Gasteiger partial charge is 0.343 e. The Morgan fingerprint density at radius 2 is 1.91 bits per heavy atom. The standard InChI is InChI=1S/C18H26N2O2/c1-4-5-17(21)20-10-8-15(9-11-20)18(22)19-16-7-6-13(2)12-14(16)3/h6-7,12,15H,4-5,8-11H2,1-3H3,(H,19,22). The number of aryl methyl sites for hydroxylation is 2. The number of nitrogens with one attached hydrogen (secondary N) is 1. The molecule has 1 fully saturated rings. The second kappa shape index (κ2) is 7.43. The Hall–Kier alpha value is -1.84. The molecule has 1 heterocycles. The van der Waals surface area contributed by atoms with Crippen molar-refractivity contribution in [3.63, 3.8) is 0 Å². The van der Waals surface area contributed by atoms with Gasteiger partial charge in [0.2, 0.25) is 11.8 Å². The number of carbonyl (C=O) groups excluding carboxylic acids is 2. The number of carbonyl (C=O) groups is 2. The summed E-state index contributed by atoms with van der Waals surface area (Å²) >= 11 is 0. The first-order valence-corrected chi connectivity index (χ1v) is 8.17.